The number of carbonyl (C=O) groups excluding carboxylic acids is 2. The molecule has 1 fully saturated rings. The maximum Gasteiger partial charge on any atom is 0.328 e. The smallest absolute Gasteiger partial charge is 0.328 e. The lowest BCUT2D eigenvalue weighted by Gasteiger charge is -2.23. The van der Waals surface area contributed by atoms with Crippen molar-refractivity contribution < 1.29 is 14.3 Å². The fourth-order valence-corrected chi connectivity index (χ4v) is 2.34. The zero-order valence-corrected chi connectivity index (χ0v) is 11.0. The van der Waals surface area contributed by atoms with Gasteiger partial charge in [0.15, 0.2) is 0 Å². The molecule has 0 saturated carbocycles. The van der Waals surface area contributed by atoms with Gasteiger partial charge in [-0.25, -0.2) is 4.79 Å². The Labute approximate surface area is 115 Å². The second-order valence-corrected chi connectivity index (χ2v) is 4.39. The minimum absolute atomic E-state index is 0.260. The van der Waals surface area contributed by atoms with Crippen molar-refractivity contribution in [3.8, 4) is 0 Å². The number of ether oxygens (including phenoxy) is 1. The first kappa shape index (κ1) is 13.9. The summed E-state index contributed by atoms with van der Waals surface area (Å²) in [7, 11) is 1.30. The van der Waals surface area contributed by atoms with Crippen molar-refractivity contribution in [3.05, 3.63) is 40.3 Å². The van der Waals surface area contributed by atoms with Gasteiger partial charge in [0.1, 0.15) is 6.04 Å². The van der Waals surface area contributed by atoms with Crippen molar-refractivity contribution >= 4 is 17.6 Å². The molecule has 7 heteroatoms. The number of nitrogens with zero attached hydrogens (tertiary/aromatic N) is 4. The Morgan fingerprint density at radius 1 is 1.45 bits per heavy atom. The van der Waals surface area contributed by atoms with Crippen LogP contribution in [0.25, 0.3) is 10.4 Å². The van der Waals surface area contributed by atoms with Crippen LogP contribution in [0.15, 0.2) is 29.4 Å². The van der Waals surface area contributed by atoms with Gasteiger partial charge in [-0.1, -0.05) is 23.3 Å². The Balaban J connectivity index is 2.31. The van der Waals surface area contributed by atoms with Crippen LogP contribution in [0.5, 0.6) is 0 Å². The molecule has 1 amide bonds. The van der Waals surface area contributed by atoms with E-state index in [-0.39, 0.29) is 11.6 Å². The van der Waals surface area contributed by atoms with E-state index in [0.717, 1.165) is 6.42 Å². The Bertz CT molecular complexity index is 581. The van der Waals surface area contributed by atoms with Gasteiger partial charge < -0.3 is 9.64 Å². The molecule has 1 aliphatic heterocycles. The number of esters is 1. The first-order valence-corrected chi connectivity index (χ1v) is 6.22. The van der Waals surface area contributed by atoms with E-state index in [4.69, 9.17) is 10.3 Å². The zero-order valence-electron chi connectivity index (χ0n) is 11.0. The van der Waals surface area contributed by atoms with Crippen molar-refractivity contribution in [1.82, 2.24) is 4.90 Å². The van der Waals surface area contributed by atoms with Gasteiger partial charge in [-0.3, -0.25) is 4.79 Å². The molecule has 0 aliphatic carbocycles. The summed E-state index contributed by atoms with van der Waals surface area (Å²) in [5.74, 6) is -0.738. The molecule has 7 nitrogen and oxygen atoms in total. The Hall–Kier alpha value is -2.53. The molecule has 2 rings (SSSR count). The molecule has 1 aromatic carbocycles. The summed E-state index contributed by atoms with van der Waals surface area (Å²) in [5, 5.41) is 3.51. The van der Waals surface area contributed by atoms with Crippen LogP contribution in [0.1, 0.15) is 23.2 Å². The highest BCUT2D eigenvalue weighted by atomic mass is 16.5. The van der Waals surface area contributed by atoms with Crippen LogP contribution in [0, 0.1) is 0 Å². The van der Waals surface area contributed by atoms with Crippen LogP contribution >= 0.6 is 0 Å². The van der Waals surface area contributed by atoms with Crippen molar-refractivity contribution in [3.63, 3.8) is 0 Å². The lowest BCUT2D eigenvalue weighted by Crippen LogP contribution is -2.41. The van der Waals surface area contributed by atoms with Gasteiger partial charge in [-0.05, 0) is 24.4 Å². The molecule has 1 atom stereocenters. The van der Waals surface area contributed by atoms with E-state index in [1.54, 1.807) is 24.3 Å². The normalized spacial score (nSPS) is 17.4. The molecular formula is C13H14N4O3. The lowest BCUT2D eigenvalue weighted by atomic mass is 10.1. The van der Waals surface area contributed by atoms with Gasteiger partial charge >= 0.3 is 5.97 Å². The second kappa shape index (κ2) is 6.08. The standard InChI is InChI=1S/C13H14N4O3/c1-20-13(19)11-7-4-8-17(11)12(18)9-5-2-3-6-10(9)15-16-14/h2-3,5-6,11H,4,7-8H2,1H3/t11-/m0/s1. The molecule has 1 aromatic rings. The summed E-state index contributed by atoms with van der Waals surface area (Å²) in [4.78, 5) is 28.4. The third kappa shape index (κ3) is 2.57. The molecule has 0 spiro atoms. The highest BCUT2D eigenvalue weighted by Gasteiger charge is 2.35. The lowest BCUT2D eigenvalue weighted by molar-refractivity contribution is -0.145. The van der Waals surface area contributed by atoms with Crippen LogP contribution in [-0.4, -0.2) is 36.5 Å². The van der Waals surface area contributed by atoms with E-state index in [2.05, 4.69) is 10.0 Å². The third-order valence-electron chi connectivity index (χ3n) is 3.27. The van der Waals surface area contributed by atoms with Crippen molar-refractivity contribution in [2.75, 3.05) is 13.7 Å². The van der Waals surface area contributed by atoms with Gasteiger partial charge in [0, 0.05) is 17.0 Å². The molecule has 104 valence electrons. The average molecular weight is 274 g/mol. The second-order valence-electron chi connectivity index (χ2n) is 4.39. The Morgan fingerprint density at radius 2 is 2.20 bits per heavy atom. The van der Waals surface area contributed by atoms with Gasteiger partial charge in [-0.15, -0.1) is 0 Å². The molecule has 20 heavy (non-hydrogen) atoms. The number of rotatable bonds is 3. The molecule has 0 radical (unpaired) electrons. The number of amides is 1. The van der Waals surface area contributed by atoms with Crippen LogP contribution in [0.2, 0.25) is 0 Å². The van der Waals surface area contributed by atoms with Crippen molar-refractivity contribution in [2.45, 2.75) is 18.9 Å². The Kier molecular flexibility index (Phi) is 4.22. The van der Waals surface area contributed by atoms with Gasteiger partial charge in [0.2, 0.25) is 0 Å². The topological polar surface area (TPSA) is 95.4 Å². The van der Waals surface area contributed by atoms with Crippen LogP contribution in [0.4, 0.5) is 5.69 Å². The van der Waals surface area contributed by atoms with E-state index in [1.807, 2.05) is 0 Å². The number of carbonyl (C=O) groups is 2. The van der Waals surface area contributed by atoms with Crippen molar-refractivity contribution in [1.29, 1.82) is 0 Å². The van der Waals surface area contributed by atoms with E-state index >= 15 is 0 Å². The molecule has 1 saturated heterocycles. The maximum atomic E-state index is 12.5. The largest absolute Gasteiger partial charge is 0.467 e. The molecular weight excluding hydrogens is 260 g/mol. The van der Waals surface area contributed by atoms with E-state index < -0.39 is 12.0 Å². The van der Waals surface area contributed by atoms with E-state index in [1.165, 1.54) is 12.0 Å². The van der Waals surface area contributed by atoms with E-state index in [9.17, 15) is 9.59 Å². The molecule has 1 aliphatic rings. The fourth-order valence-electron chi connectivity index (χ4n) is 2.34. The molecule has 0 N–H and O–H groups in total. The highest BCUT2D eigenvalue weighted by molar-refractivity contribution is 6.01. The average Bonchev–Trinajstić information content (AvgIpc) is 2.96. The summed E-state index contributed by atoms with van der Waals surface area (Å²) in [6.45, 7) is 0.489. The van der Waals surface area contributed by atoms with Gasteiger partial charge in [0.05, 0.1) is 12.8 Å². The third-order valence-corrected chi connectivity index (χ3v) is 3.27. The first-order chi connectivity index (χ1) is 9.69. The highest BCUT2D eigenvalue weighted by Crippen LogP contribution is 2.26. The minimum Gasteiger partial charge on any atom is -0.467 e. The Morgan fingerprint density at radius 3 is 2.90 bits per heavy atom. The minimum atomic E-state index is -0.563. The number of hydrogen-bond acceptors (Lipinski definition) is 4. The molecule has 0 unspecified atom stereocenters. The number of benzene rings is 1. The number of hydrogen-bond donors (Lipinski definition) is 0. The summed E-state index contributed by atoms with van der Waals surface area (Å²) in [6, 6.07) is 5.96. The summed E-state index contributed by atoms with van der Waals surface area (Å²) in [5.41, 5.74) is 9.08. The monoisotopic (exact) mass is 274 g/mol. The summed E-state index contributed by atoms with van der Waals surface area (Å²) in [6.07, 6.45) is 1.33. The molecule has 1 heterocycles. The van der Waals surface area contributed by atoms with Crippen LogP contribution < -0.4 is 0 Å². The van der Waals surface area contributed by atoms with Crippen LogP contribution in [0.3, 0.4) is 0 Å². The first-order valence-electron chi connectivity index (χ1n) is 6.22. The summed E-state index contributed by atoms with van der Waals surface area (Å²) >= 11 is 0. The van der Waals surface area contributed by atoms with E-state index in [0.29, 0.717) is 18.5 Å². The number of likely N-dealkylation sites (tertiary alicyclic amines) is 1. The molecule has 0 aromatic heterocycles. The van der Waals surface area contributed by atoms with Gasteiger partial charge in [-0.2, -0.15) is 0 Å². The predicted octanol–water partition coefficient (Wildman–Crippen LogP) is 2.41. The van der Waals surface area contributed by atoms with Crippen LogP contribution in [-0.2, 0) is 9.53 Å². The fraction of sp³-hybridized carbons (Fsp3) is 0.385. The predicted molar refractivity (Wildman–Crippen MR) is 71.3 cm³/mol. The maximum absolute atomic E-state index is 12.5. The molecule has 0 bridgehead atoms. The number of azide groups is 1. The summed E-state index contributed by atoms with van der Waals surface area (Å²) < 4.78 is 4.71. The van der Waals surface area contributed by atoms with Crippen molar-refractivity contribution in [2.24, 2.45) is 5.11 Å². The van der Waals surface area contributed by atoms with Gasteiger partial charge in [0.25, 0.3) is 5.91 Å². The zero-order chi connectivity index (χ0) is 14.5. The SMILES string of the molecule is COC(=O)[C@@H]1CCCN1C(=O)c1ccccc1N=[N+]=[N-]. The number of methoxy groups -OCH3 is 1. The quantitative estimate of drug-likeness (QED) is 0.366.